The summed E-state index contributed by atoms with van der Waals surface area (Å²) in [5.74, 6) is -0.942. The van der Waals surface area contributed by atoms with Crippen molar-refractivity contribution in [3.05, 3.63) is 81.8 Å². The molecule has 0 radical (unpaired) electrons. The van der Waals surface area contributed by atoms with E-state index in [2.05, 4.69) is 15.5 Å². The molecule has 0 fully saturated rings. The molecule has 0 aliphatic carbocycles. The van der Waals surface area contributed by atoms with Crippen LogP contribution in [0.3, 0.4) is 0 Å². The van der Waals surface area contributed by atoms with Gasteiger partial charge >= 0.3 is 29.6 Å². The number of amides is 1. The van der Waals surface area contributed by atoms with Crippen LogP contribution in [0.1, 0.15) is 29.8 Å². The molecular weight excluding hydrogens is 588 g/mol. The zero-order chi connectivity index (χ0) is 28.3. The summed E-state index contributed by atoms with van der Waals surface area (Å²) in [4.78, 5) is 12.7. The predicted molar refractivity (Wildman–Crippen MR) is 149 cm³/mol. The Morgan fingerprint density at radius 2 is 1.77 bits per heavy atom. The number of hydrogen-bond donors (Lipinski definition) is 2. The van der Waals surface area contributed by atoms with Crippen molar-refractivity contribution in [1.29, 1.82) is 0 Å². The first kappa shape index (κ1) is 31.8. The Labute approximate surface area is 263 Å². The summed E-state index contributed by atoms with van der Waals surface area (Å²) in [5, 5.41) is 25.8. The summed E-state index contributed by atoms with van der Waals surface area (Å²) < 4.78 is 38.3. The number of carbonyl (C=O) groups excluding carboxylic acids is 1. The van der Waals surface area contributed by atoms with E-state index in [4.69, 9.17) is 27.9 Å². The van der Waals surface area contributed by atoms with Crippen LogP contribution in [-0.2, 0) is 16.5 Å². The molecule has 202 valence electrons. The molecule has 4 aromatic carbocycles. The number of ether oxygens (including phenoxy) is 1. The number of azo groups is 1. The van der Waals surface area contributed by atoms with Crippen molar-refractivity contribution >= 4 is 67.1 Å². The van der Waals surface area contributed by atoms with Gasteiger partial charge in [0.1, 0.15) is 5.75 Å². The van der Waals surface area contributed by atoms with E-state index in [0.29, 0.717) is 45.8 Å². The Balaban J connectivity index is 0.00000441. The van der Waals surface area contributed by atoms with Gasteiger partial charge in [-0.3, -0.25) is 9.35 Å². The third-order valence-corrected chi connectivity index (χ3v) is 7.10. The number of nitrogens with one attached hydrogen (secondary N) is 1. The number of hydrogen-bond acceptors (Lipinski definition) is 7. The molecule has 4 aromatic rings. The molecule has 0 aliphatic heterocycles. The average Bonchev–Trinajstić information content (AvgIpc) is 2.86. The van der Waals surface area contributed by atoms with Crippen LogP contribution in [0.5, 0.6) is 11.5 Å². The molecule has 0 atom stereocenters. The van der Waals surface area contributed by atoms with E-state index in [1.807, 2.05) is 6.92 Å². The smallest absolute Gasteiger partial charge is 0.870 e. The molecular formula is C27H22Cl2N3NaO6S. The Kier molecular flexibility index (Phi) is 10.6. The van der Waals surface area contributed by atoms with Crippen LogP contribution in [0, 0.1) is 0 Å². The van der Waals surface area contributed by atoms with E-state index in [-0.39, 0.29) is 51.5 Å². The van der Waals surface area contributed by atoms with E-state index in [1.165, 1.54) is 12.1 Å². The first-order valence-electron chi connectivity index (χ1n) is 11.7. The number of rotatable bonds is 8. The number of anilines is 1. The number of nitrogens with zero attached hydrogens (tertiary/aromatic N) is 2. The Bertz CT molecular complexity index is 1730. The first-order chi connectivity index (χ1) is 18.5. The molecule has 0 aromatic heterocycles. The first-order valence-corrected chi connectivity index (χ1v) is 13.9. The van der Waals surface area contributed by atoms with E-state index in [0.717, 1.165) is 12.1 Å². The maximum absolute atomic E-state index is 13.5. The van der Waals surface area contributed by atoms with Crippen LogP contribution in [0.4, 0.5) is 17.1 Å². The molecule has 1 amide bonds. The summed E-state index contributed by atoms with van der Waals surface area (Å²) in [7, 11) is -4.58. The fourth-order valence-electron chi connectivity index (χ4n) is 3.95. The van der Waals surface area contributed by atoms with Crippen LogP contribution >= 0.6 is 23.2 Å². The Hall–Kier alpha value is -2.70. The third kappa shape index (κ3) is 7.13. The quantitative estimate of drug-likeness (QED) is 0.175. The minimum Gasteiger partial charge on any atom is -0.870 e. The van der Waals surface area contributed by atoms with Crippen LogP contribution < -0.4 is 44.7 Å². The molecule has 0 unspecified atom stereocenters. The molecule has 0 spiro atoms. The van der Waals surface area contributed by atoms with Gasteiger partial charge in [0.05, 0.1) is 22.9 Å². The van der Waals surface area contributed by atoms with Crippen molar-refractivity contribution < 1.29 is 57.2 Å². The van der Waals surface area contributed by atoms with E-state index >= 15 is 0 Å². The zero-order valence-electron chi connectivity index (χ0n) is 21.7. The van der Waals surface area contributed by atoms with Gasteiger partial charge < -0.3 is 15.2 Å². The van der Waals surface area contributed by atoms with Crippen molar-refractivity contribution in [2.45, 2.75) is 25.2 Å². The average molecular weight is 610 g/mol. The standard InChI is InChI=1S/C27H23Cl2N3O6S.Na/c1-3-20-23(29)13-19(39(35,36)37)14-24(20)31-32-25-21-8-6-5-7-15(21)9-22(26(25)33)27(34)30-17-10-16(28)11-18(12-17)38-4-2;/h5-14,33H,3-4H2,1-2H3,(H,30,34)(H,35,36,37);/q;+1/p-1. The molecule has 0 aliphatic rings. The monoisotopic (exact) mass is 609 g/mol. The number of carbonyl (C=O) groups is 1. The van der Waals surface area contributed by atoms with Gasteiger partial charge in [0, 0.05) is 32.7 Å². The SMILES string of the molecule is CCOc1cc(Cl)cc(NC(=O)c2cc3ccccc3c(N=Nc3cc(S(=O)(=O)O)cc(Cl)c3CC)c2[O-])c1.[Na+]. The zero-order valence-corrected chi connectivity index (χ0v) is 26.1. The number of halogens is 2. The van der Waals surface area contributed by atoms with Gasteiger partial charge in [0.2, 0.25) is 0 Å². The van der Waals surface area contributed by atoms with Gasteiger partial charge in [-0.15, -0.1) is 0 Å². The summed E-state index contributed by atoms with van der Waals surface area (Å²) in [6.45, 7) is 3.99. The minimum atomic E-state index is -4.58. The topological polar surface area (TPSA) is 140 Å². The number of benzene rings is 4. The van der Waals surface area contributed by atoms with Gasteiger partial charge in [-0.1, -0.05) is 60.1 Å². The molecule has 2 N–H and O–H groups in total. The Morgan fingerprint density at radius 1 is 1.05 bits per heavy atom. The summed E-state index contributed by atoms with van der Waals surface area (Å²) in [5.41, 5.74) is 0.523. The van der Waals surface area contributed by atoms with Gasteiger partial charge in [0.15, 0.2) is 0 Å². The molecule has 0 saturated heterocycles. The second-order valence-corrected chi connectivity index (χ2v) is 10.6. The molecule has 4 rings (SSSR count). The summed E-state index contributed by atoms with van der Waals surface area (Å²) in [6.07, 6.45) is 0.371. The summed E-state index contributed by atoms with van der Waals surface area (Å²) >= 11 is 12.4. The van der Waals surface area contributed by atoms with E-state index in [9.17, 15) is 22.9 Å². The predicted octanol–water partition coefficient (Wildman–Crippen LogP) is 4.10. The van der Waals surface area contributed by atoms with Gasteiger partial charge in [-0.25, -0.2) is 0 Å². The largest absolute Gasteiger partial charge is 1.00 e. The van der Waals surface area contributed by atoms with Crippen molar-refractivity contribution in [2.24, 2.45) is 10.2 Å². The Morgan fingerprint density at radius 3 is 2.45 bits per heavy atom. The normalized spacial score (nSPS) is 11.4. The second kappa shape index (κ2) is 13.3. The number of fused-ring (bicyclic) bond motifs is 1. The van der Waals surface area contributed by atoms with Crippen molar-refractivity contribution in [3.63, 3.8) is 0 Å². The fraction of sp³-hybridized carbons (Fsp3) is 0.148. The van der Waals surface area contributed by atoms with Gasteiger partial charge in [-0.05, 0) is 54.6 Å². The summed E-state index contributed by atoms with van der Waals surface area (Å²) in [6, 6.07) is 15.2. The van der Waals surface area contributed by atoms with Crippen molar-refractivity contribution in [2.75, 3.05) is 11.9 Å². The molecule has 0 bridgehead atoms. The fourth-order valence-corrected chi connectivity index (χ4v) is 5.12. The molecule has 0 saturated carbocycles. The van der Waals surface area contributed by atoms with Crippen molar-refractivity contribution in [3.8, 4) is 11.5 Å². The van der Waals surface area contributed by atoms with Gasteiger partial charge in [-0.2, -0.15) is 18.6 Å². The molecule has 9 nitrogen and oxygen atoms in total. The van der Waals surface area contributed by atoms with Gasteiger partial charge in [0.25, 0.3) is 16.0 Å². The maximum atomic E-state index is 13.5. The second-order valence-electron chi connectivity index (χ2n) is 8.32. The molecule has 13 heteroatoms. The van der Waals surface area contributed by atoms with Crippen molar-refractivity contribution in [1.82, 2.24) is 0 Å². The van der Waals surface area contributed by atoms with Crippen LogP contribution in [0.2, 0.25) is 10.0 Å². The van der Waals surface area contributed by atoms with E-state index in [1.54, 1.807) is 43.3 Å². The third-order valence-electron chi connectivity index (χ3n) is 5.71. The molecule has 40 heavy (non-hydrogen) atoms. The van der Waals surface area contributed by atoms with Crippen LogP contribution in [0.15, 0.2) is 75.8 Å². The van der Waals surface area contributed by atoms with Crippen LogP contribution in [0.25, 0.3) is 10.8 Å². The molecule has 0 heterocycles. The van der Waals surface area contributed by atoms with E-state index < -0.39 is 26.7 Å². The maximum Gasteiger partial charge on any atom is 1.00 e. The van der Waals surface area contributed by atoms with Crippen LogP contribution in [-0.4, -0.2) is 25.5 Å². The minimum absolute atomic E-state index is 0.